The predicted octanol–water partition coefficient (Wildman–Crippen LogP) is 5.88. The number of hydrogen-bond donors (Lipinski definition) is 2. The van der Waals surface area contributed by atoms with E-state index in [0.29, 0.717) is 18.5 Å². The third kappa shape index (κ3) is 6.39. The molecule has 5 rings (SSSR count). The molecule has 40 heavy (non-hydrogen) atoms. The molecule has 8 heteroatoms. The van der Waals surface area contributed by atoms with Crippen LogP contribution in [0.4, 0.5) is 4.39 Å². The van der Waals surface area contributed by atoms with Crippen LogP contribution in [0.25, 0.3) is 5.57 Å². The van der Waals surface area contributed by atoms with Crippen molar-refractivity contribution in [1.82, 2.24) is 10.4 Å². The number of hydrogen-bond acceptors (Lipinski definition) is 6. The molecule has 1 saturated heterocycles. The molecule has 0 spiro atoms. The second-order valence-corrected chi connectivity index (χ2v) is 11.6. The maximum Gasteiger partial charge on any atom is 0.274 e. The molecule has 3 atom stereocenters. The van der Waals surface area contributed by atoms with Gasteiger partial charge in [-0.1, -0.05) is 28.9 Å². The van der Waals surface area contributed by atoms with Gasteiger partial charge in [-0.3, -0.25) is 19.7 Å². The van der Waals surface area contributed by atoms with Gasteiger partial charge in [-0.15, -0.1) is 0 Å². The van der Waals surface area contributed by atoms with Crippen LogP contribution < -0.4 is 5.48 Å². The minimum Gasteiger partial charge on any atom is -0.298 e. The average molecular weight is 548 g/mol. The number of carbonyl (C=O) groups is 2. The molecule has 1 heterocycles. The molecule has 0 saturated carbocycles. The van der Waals surface area contributed by atoms with Gasteiger partial charge in [-0.25, -0.2) is 9.87 Å². The molecule has 3 unspecified atom stereocenters. The lowest BCUT2D eigenvalue weighted by Gasteiger charge is -2.23. The molecule has 2 aromatic carbocycles. The molecule has 0 radical (unpaired) electrons. The highest BCUT2D eigenvalue weighted by Gasteiger charge is 2.33. The van der Waals surface area contributed by atoms with E-state index >= 15 is 0 Å². The van der Waals surface area contributed by atoms with Crippen molar-refractivity contribution >= 4 is 17.3 Å². The lowest BCUT2D eigenvalue weighted by molar-refractivity contribution is -0.114. The highest BCUT2D eigenvalue weighted by Crippen LogP contribution is 2.43. The largest absolute Gasteiger partial charge is 0.298 e. The Morgan fingerprint density at radius 3 is 2.70 bits per heavy atom. The second-order valence-electron chi connectivity index (χ2n) is 11.6. The summed E-state index contributed by atoms with van der Waals surface area (Å²) in [6, 6.07) is 12.3. The van der Waals surface area contributed by atoms with E-state index in [4.69, 9.17) is 5.21 Å². The predicted molar refractivity (Wildman–Crippen MR) is 151 cm³/mol. The Bertz CT molecular complexity index is 1280. The number of aryl methyl sites for hydroxylation is 1. The van der Waals surface area contributed by atoms with Crippen LogP contribution in [0.1, 0.15) is 78.4 Å². The fourth-order valence-corrected chi connectivity index (χ4v) is 7.04. The van der Waals surface area contributed by atoms with E-state index in [-0.39, 0.29) is 29.5 Å². The van der Waals surface area contributed by atoms with Crippen LogP contribution in [0.5, 0.6) is 0 Å². The van der Waals surface area contributed by atoms with Crippen molar-refractivity contribution in [3.63, 3.8) is 0 Å². The number of allylic oxidation sites excluding steroid dienone is 2. The number of Topliss-reactive ketones (excluding diaryl/α,β-unsaturated/α-hetero) is 1. The van der Waals surface area contributed by atoms with E-state index < -0.39 is 5.91 Å². The molecule has 2 aromatic rings. The molecule has 1 aliphatic heterocycles. The van der Waals surface area contributed by atoms with Gasteiger partial charge in [-0.05, 0) is 124 Å². The zero-order valence-corrected chi connectivity index (χ0v) is 22.9. The third-order valence-corrected chi connectivity index (χ3v) is 9.13. The molecule has 0 bridgehead atoms. The molecule has 7 nitrogen and oxygen atoms in total. The molecule has 2 aliphatic carbocycles. The maximum absolute atomic E-state index is 14.5. The van der Waals surface area contributed by atoms with Crippen molar-refractivity contribution in [1.29, 1.82) is 0 Å². The van der Waals surface area contributed by atoms with Crippen LogP contribution in [0, 0.1) is 22.6 Å². The Labute approximate surface area is 234 Å². The Morgan fingerprint density at radius 1 is 1.10 bits per heavy atom. The van der Waals surface area contributed by atoms with E-state index in [0.717, 1.165) is 98.7 Å². The Hall–Kier alpha value is -3.23. The minimum atomic E-state index is -0.551. The highest BCUT2D eigenvalue weighted by molar-refractivity contribution is 6.22. The molecular formula is C32H38FN3O4. The van der Waals surface area contributed by atoms with Crippen LogP contribution in [0.3, 0.4) is 0 Å². The van der Waals surface area contributed by atoms with Crippen molar-refractivity contribution < 1.29 is 19.2 Å². The maximum atomic E-state index is 14.5. The fourth-order valence-electron chi connectivity index (χ4n) is 7.04. The molecule has 3 aliphatic rings. The number of ketones is 1. The van der Waals surface area contributed by atoms with Crippen molar-refractivity contribution in [2.45, 2.75) is 70.3 Å². The zero-order chi connectivity index (χ0) is 28.1. The van der Waals surface area contributed by atoms with Crippen molar-refractivity contribution in [3.8, 4) is 0 Å². The second kappa shape index (κ2) is 13.0. The number of rotatable bonds is 9. The number of nitroso groups, excluding NO2 is 1. The summed E-state index contributed by atoms with van der Waals surface area (Å²) in [5.41, 5.74) is 6.77. The monoisotopic (exact) mass is 547 g/mol. The summed E-state index contributed by atoms with van der Waals surface area (Å²) in [6.45, 7) is 2.29. The summed E-state index contributed by atoms with van der Waals surface area (Å²) in [5, 5.41) is 12.0. The van der Waals surface area contributed by atoms with Crippen LogP contribution >= 0.6 is 0 Å². The lowest BCUT2D eigenvalue weighted by Crippen LogP contribution is -2.32. The summed E-state index contributed by atoms with van der Waals surface area (Å²) in [7, 11) is 0. The summed E-state index contributed by atoms with van der Waals surface area (Å²) < 4.78 is 14.5. The van der Waals surface area contributed by atoms with Crippen LogP contribution in [-0.2, 0) is 17.6 Å². The van der Waals surface area contributed by atoms with Gasteiger partial charge in [0.15, 0.2) is 5.78 Å². The summed E-state index contributed by atoms with van der Waals surface area (Å²) >= 11 is 0. The number of hydroxylamine groups is 1. The number of nitrogens with one attached hydrogen (secondary N) is 1. The summed E-state index contributed by atoms with van der Waals surface area (Å²) in [4.78, 5) is 38.8. The van der Waals surface area contributed by atoms with Crippen LogP contribution in [0.2, 0.25) is 0 Å². The number of carbonyl (C=O) groups excluding carboxylic acids is 2. The van der Waals surface area contributed by atoms with Gasteiger partial charge >= 0.3 is 0 Å². The molecule has 2 N–H and O–H groups in total. The van der Waals surface area contributed by atoms with Gasteiger partial charge in [0.2, 0.25) is 0 Å². The summed E-state index contributed by atoms with van der Waals surface area (Å²) in [6.07, 6.45) is 8.68. The number of nitrogens with zero attached hydrogens (tertiary/aromatic N) is 2. The molecular weight excluding hydrogens is 509 g/mol. The smallest absolute Gasteiger partial charge is 0.274 e. The molecule has 1 fully saturated rings. The van der Waals surface area contributed by atoms with Crippen molar-refractivity contribution in [2.24, 2.45) is 17.0 Å². The van der Waals surface area contributed by atoms with E-state index in [9.17, 15) is 18.9 Å². The molecule has 212 valence electrons. The summed E-state index contributed by atoms with van der Waals surface area (Å²) in [5.74, 6) is -0.328. The van der Waals surface area contributed by atoms with Gasteiger partial charge in [-0.2, -0.15) is 4.91 Å². The van der Waals surface area contributed by atoms with Gasteiger partial charge in [0.25, 0.3) is 5.91 Å². The number of benzene rings is 2. The normalized spacial score (nSPS) is 23.2. The van der Waals surface area contributed by atoms with E-state index in [2.05, 4.69) is 10.1 Å². The first kappa shape index (κ1) is 28.3. The first-order chi connectivity index (χ1) is 19.5. The van der Waals surface area contributed by atoms with Crippen LogP contribution in [-0.4, -0.2) is 47.5 Å². The fraction of sp³-hybridized carbons (Fsp3) is 0.500. The highest BCUT2D eigenvalue weighted by atomic mass is 19.1. The topological polar surface area (TPSA) is 99.1 Å². The van der Waals surface area contributed by atoms with Gasteiger partial charge in [0.05, 0.1) is 6.54 Å². The lowest BCUT2D eigenvalue weighted by atomic mass is 9.83. The Morgan fingerprint density at radius 2 is 1.93 bits per heavy atom. The van der Waals surface area contributed by atoms with E-state index in [1.54, 1.807) is 23.7 Å². The van der Waals surface area contributed by atoms with E-state index in [1.807, 2.05) is 18.2 Å². The van der Waals surface area contributed by atoms with Gasteiger partial charge in [0.1, 0.15) is 5.82 Å². The van der Waals surface area contributed by atoms with Crippen molar-refractivity contribution in [2.75, 3.05) is 19.6 Å². The Kier molecular flexibility index (Phi) is 9.17. The van der Waals surface area contributed by atoms with E-state index in [1.165, 1.54) is 6.07 Å². The number of halogens is 1. The van der Waals surface area contributed by atoms with Gasteiger partial charge < -0.3 is 0 Å². The minimum absolute atomic E-state index is 0.121. The third-order valence-electron chi connectivity index (χ3n) is 9.13. The first-order valence-corrected chi connectivity index (χ1v) is 14.6. The number of likely N-dealkylation sites (tertiary alicyclic amines) is 1. The first-order valence-electron chi connectivity index (χ1n) is 14.6. The van der Waals surface area contributed by atoms with Crippen LogP contribution in [0.15, 0.2) is 53.2 Å². The SMILES string of the molecule is O=NCC1CCCN1CCCC1CCC2=C(C(=O)C1)c1cc(F)ccc1CCC2Cc1ccc(C(=O)NO)cc1. The quantitative estimate of drug-likeness (QED) is 0.232. The number of fused-ring (bicyclic) bond motifs is 2. The Balaban J connectivity index is 1.34. The number of amides is 1. The average Bonchev–Trinajstić information content (AvgIpc) is 3.25. The molecule has 1 amide bonds. The zero-order valence-electron chi connectivity index (χ0n) is 22.9. The standard InChI is InChI=1S/C32H38FN3O4/c33-26-13-12-23-10-11-25(17-22-5-8-24(9-6-22)32(38)35-40)28-14-7-21(18-30(37)31(28)29(23)19-26)3-1-15-36-16-2-4-27(36)20-34-39/h5-6,8-9,12-13,19,21,25,27,40H,1-4,7,10-11,14-18,20H2,(H,35,38). The van der Waals surface area contributed by atoms with Gasteiger partial charge in [0, 0.05) is 23.6 Å². The van der Waals surface area contributed by atoms with Crippen molar-refractivity contribution in [3.05, 3.63) is 81.0 Å². The molecule has 0 aromatic heterocycles.